The molecule has 0 amide bonds. The lowest BCUT2D eigenvalue weighted by atomic mass is 9.74. The molecule has 0 atom stereocenters. The fourth-order valence-corrected chi connectivity index (χ4v) is 5.03. The first-order valence-electron chi connectivity index (χ1n) is 11.3. The minimum absolute atomic E-state index is 0.197. The third kappa shape index (κ3) is 3.04. The molecule has 1 aromatic carbocycles. The van der Waals surface area contributed by atoms with E-state index >= 15 is 0 Å². The van der Waals surface area contributed by atoms with E-state index in [1.807, 2.05) is 6.20 Å². The molecule has 1 aliphatic rings. The van der Waals surface area contributed by atoms with Crippen LogP contribution in [0.1, 0.15) is 77.8 Å². The number of hydrogen-bond donors (Lipinski definition) is 0. The number of rotatable bonds is 4. The van der Waals surface area contributed by atoms with Gasteiger partial charge in [0.05, 0.1) is 11.1 Å². The van der Waals surface area contributed by atoms with Gasteiger partial charge in [-0.05, 0) is 55.2 Å². The topological polar surface area (TPSA) is 26.0 Å². The molecule has 1 aliphatic carbocycles. The van der Waals surface area contributed by atoms with Crippen molar-refractivity contribution in [3.05, 3.63) is 58.4 Å². The SMILES string of the molecule is C=C1C(=C(C)C)c2ncc(CC(C)C)c3oc4c(CC(C)C)ccc(c4c23)C1(C)C. The Morgan fingerprint density at radius 2 is 1.57 bits per heavy atom. The van der Waals surface area contributed by atoms with Gasteiger partial charge in [-0.25, -0.2) is 0 Å². The van der Waals surface area contributed by atoms with Crippen LogP contribution in [0.5, 0.6) is 0 Å². The summed E-state index contributed by atoms with van der Waals surface area (Å²) in [6, 6.07) is 4.59. The lowest BCUT2D eigenvalue weighted by Crippen LogP contribution is -2.20. The van der Waals surface area contributed by atoms with Crippen molar-refractivity contribution in [3.63, 3.8) is 0 Å². The summed E-state index contributed by atoms with van der Waals surface area (Å²) in [6.07, 6.45) is 4.01. The molecule has 0 fully saturated rings. The van der Waals surface area contributed by atoms with Crippen LogP contribution in [-0.4, -0.2) is 4.98 Å². The molecular weight excluding hydrogens is 366 g/mol. The molecule has 0 saturated carbocycles. The Morgan fingerprint density at radius 3 is 2.17 bits per heavy atom. The number of hydrogen-bond acceptors (Lipinski definition) is 2. The van der Waals surface area contributed by atoms with Gasteiger partial charge in [-0.1, -0.05) is 65.8 Å². The highest BCUT2D eigenvalue weighted by atomic mass is 16.3. The molecule has 2 nitrogen and oxygen atoms in total. The molecule has 0 unspecified atom stereocenters. The van der Waals surface area contributed by atoms with Crippen LogP contribution in [-0.2, 0) is 18.3 Å². The Kier molecular flexibility index (Phi) is 4.96. The third-order valence-electron chi connectivity index (χ3n) is 6.52. The molecule has 0 bridgehead atoms. The zero-order valence-corrected chi connectivity index (χ0v) is 19.9. The molecular formula is C28H35NO. The van der Waals surface area contributed by atoms with Crippen molar-refractivity contribution in [2.24, 2.45) is 11.8 Å². The largest absolute Gasteiger partial charge is 0.455 e. The number of benzene rings is 1. The Bertz CT molecular complexity index is 1200. The summed E-state index contributed by atoms with van der Waals surface area (Å²) in [5, 5.41) is 2.44. The van der Waals surface area contributed by atoms with Crippen LogP contribution < -0.4 is 0 Å². The predicted molar refractivity (Wildman–Crippen MR) is 129 cm³/mol. The van der Waals surface area contributed by atoms with Gasteiger partial charge in [0, 0.05) is 28.1 Å². The molecule has 0 N–H and O–H groups in total. The van der Waals surface area contributed by atoms with Crippen molar-refractivity contribution >= 4 is 27.5 Å². The van der Waals surface area contributed by atoms with Crippen molar-refractivity contribution in [2.75, 3.05) is 0 Å². The molecule has 2 heteroatoms. The first kappa shape index (κ1) is 20.9. The Labute approximate surface area is 181 Å². The van der Waals surface area contributed by atoms with E-state index in [1.165, 1.54) is 38.6 Å². The quantitative estimate of drug-likeness (QED) is 0.442. The highest BCUT2D eigenvalue weighted by molar-refractivity contribution is 6.16. The van der Waals surface area contributed by atoms with Gasteiger partial charge in [-0.15, -0.1) is 0 Å². The van der Waals surface area contributed by atoms with Crippen LogP contribution in [0.15, 0.2) is 40.5 Å². The zero-order valence-electron chi connectivity index (χ0n) is 19.9. The van der Waals surface area contributed by atoms with E-state index in [-0.39, 0.29) is 5.41 Å². The standard InChI is InChI=1S/C28H35NO/c1-15(2)12-19-10-11-21-23-24-25(22(17(5)6)18(7)28(21,8)9)29-14-20(13-16(3)4)27(24)30-26(19)23/h10-11,14-16H,7,12-13H2,1-6,8-9H3. The lowest BCUT2D eigenvalue weighted by molar-refractivity contribution is 0.605. The molecule has 0 spiro atoms. The summed E-state index contributed by atoms with van der Waals surface area (Å²) in [6.45, 7) is 22.5. The normalized spacial score (nSPS) is 15.8. The number of aromatic nitrogens is 1. The smallest absolute Gasteiger partial charge is 0.142 e. The van der Waals surface area contributed by atoms with Crippen molar-refractivity contribution < 1.29 is 4.42 Å². The minimum Gasteiger partial charge on any atom is -0.455 e. The summed E-state index contributed by atoms with van der Waals surface area (Å²) < 4.78 is 6.74. The van der Waals surface area contributed by atoms with Gasteiger partial charge in [-0.2, -0.15) is 0 Å². The van der Waals surface area contributed by atoms with E-state index in [0.29, 0.717) is 11.8 Å². The summed E-state index contributed by atoms with van der Waals surface area (Å²) in [5.74, 6) is 1.12. The molecule has 3 aromatic rings. The van der Waals surface area contributed by atoms with Crippen molar-refractivity contribution in [1.82, 2.24) is 4.98 Å². The van der Waals surface area contributed by atoms with Gasteiger partial charge in [-0.3, -0.25) is 4.98 Å². The van der Waals surface area contributed by atoms with Crippen LogP contribution in [0.2, 0.25) is 0 Å². The average molecular weight is 402 g/mol. The third-order valence-corrected chi connectivity index (χ3v) is 6.52. The fraction of sp³-hybridized carbons (Fsp3) is 0.464. The van der Waals surface area contributed by atoms with Crippen LogP contribution in [0.25, 0.3) is 27.5 Å². The van der Waals surface area contributed by atoms with Gasteiger partial charge in [0.2, 0.25) is 0 Å². The number of nitrogens with zero attached hydrogens (tertiary/aromatic N) is 1. The highest BCUT2D eigenvalue weighted by Crippen LogP contribution is 2.51. The molecule has 158 valence electrons. The second-order valence-corrected chi connectivity index (χ2v) is 10.6. The summed E-state index contributed by atoms with van der Waals surface area (Å²) >= 11 is 0. The Morgan fingerprint density at radius 1 is 0.967 bits per heavy atom. The van der Waals surface area contributed by atoms with Gasteiger partial charge in [0.15, 0.2) is 0 Å². The van der Waals surface area contributed by atoms with E-state index in [2.05, 4.69) is 74.1 Å². The predicted octanol–water partition coefficient (Wildman–Crippen LogP) is 8.02. The highest BCUT2D eigenvalue weighted by Gasteiger charge is 2.37. The van der Waals surface area contributed by atoms with E-state index in [0.717, 1.165) is 35.3 Å². The van der Waals surface area contributed by atoms with E-state index < -0.39 is 0 Å². The number of furan rings is 1. The molecule has 4 rings (SSSR count). The fourth-order valence-electron chi connectivity index (χ4n) is 5.03. The minimum atomic E-state index is -0.197. The van der Waals surface area contributed by atoms with Gasteiger partial charge >= 0.3 is 0 Å². The van der Waals surface area contributed by atoms with Crippen LogP contribution >= 0.6 is 0 Å². The molecule has 0 saturated heterocycles. The van der Waals surface area contributed by atoms with Crippen LogP contribution in [0.3, 0.4) is 0 Å². The maximum absolute atomic E-state index is 6.74. The van der Waals surface area contributed by atoms with Gasteiger partial charge in [0.25, 0.3) is 0 Å². The molecule has 2 heterocycles. The van der Waals surface area contributed by atoms with E-state index in [1.54, 1.807) is 0 Å². The van der Waals surface area contributed by atoms with Crippen molar-refractivity contribution in [2.45, 2.75) is 73.6 Å². The maximum atomic E-state index is 6.74. The van der Waals surface area contributed by atoms with Crippen LogP contribution in [0.4, 0.5) is 0 Å². The second kappa shape index (κ2) is 7.11. The summed E-state index contributed by atoms with van der Waals surface area (Å²) in [5.41, 5.74) is 10.3. The average Bonchev–Trinajstić information content (AvgIpc) is 3.00. The Balaban J connectivity index is 2.24. The zero-order chi connectivity index (χ0) is 22.0. The summed E-state index contributed by atoms with van der Waals surface area (Å²) in [4.78, 5) is 5.04. The van der Waals surface area contributed by atoms with Crippen molar-refractivity contribution in [3.8, 4) is 0 Å². The molecule has 0 radical (unpaired) electrons. The lowest BCUT2D eigenvalue weighted by Gasteiger charge is -2.29. The van der Waals surface area contributed by atoms with E-state index in [4.69, 9.17) is 9.40 Å². The van der Waals surface area contributed by atoms with Gasteiger partial charge in [0.1, 0.15) is 11.2 Å². The second-order valence-electron chi connectivity index (χ2n) is 10.6. The Hall–Kier alpha value is -2.35. The van der Waals surface area contributed by atoms with Gasteiger partial charge < -0.3 is 4.42 Å². The summed E-state index contributed by atoms with van der Waals surface area (Å²) in [7, 11) is 0. The first-order chi connectivity index (χ1) is 14.0. The number of pyridine rings is 1. The monoisotopic (exact) mass is 401 g/mol. The molecule has 2 aromatic heterocycles. The van der Waals surface area contributed by atoms with Crippen molar-refractivity contribution in [1.29, 1.82) is 0 Å². The maximum Gasteiger partial charge on any atom is 0.142 e. The first-order valence-corrected chi connectivity index (χ1v) is 11.3. The molecule has 0 aliphatic heterocycles. The van der Waals surface area contributed by atoms with Crippen LogP contribution in [0, 0.1) is 11.8 Å². The number of allylic oxidation sites excluding steroid dienone is 3. The van der Waals surface area contributed by atoms with E-state index in [9.17, 15) is 0 Å². The molecule has 30 heavy (non-hydrogen) atoms.